The van der Waals surface area contributed by atoms with Gasteiger partial charge in [0.1, 0.15) is 5.52 Å². The topological polar surface area (TPSA) is 82.2 Å². The third kappa shape index (κ3) is 2.03. The molecule has 1 aromatic carbocycles. The molecule has 0 amide bonds. The number of oxazole rings is 1. The lowest BCUT2D eigenvalue weighted by Gasteiger charge is -2.10. The lowest BCUT2D eigenvalue weighted by Crippen LogP contribution is -2.23. The van der Waals surface area contributed by atoms with Crippen LogP contribution in [0.2, 0.25) is 0 Å². The van der Waals surface area contributed by atoms with Gasteiger partial charge in [-0.25, -0.2) is 9.97 Å². The van der Waals surface area contributed by atoms with Crippen molar-refractivity contribution in [2.45, 2.75) is 0 Å². The summed E-state index contributed by atoms with van der Waals surface area (Å²) in [4.78, 5) is 21.0. The minimum absolute atomic E-state index is 0.100. The van der Waals surface area contributed by atoms with Crippen molar-refractivity contribution in [2.24, 2.45) is 7.05 Å². The molecule has 0 fully saturated rings. The van der Waals surface area contributed by atoms with Gasteiger partial charge in [-0.1, -0.05) is 12.1 Å². The van der Waals surface area contributed by atoms with Crippen LogP contribution in [0, 0.1) is 0 Å². The summed E-state index contributed by atoms with van der Waals surface area (Å²) in [7, 11) is 4.72. The maximum absolute atomic E-state index is 12.3. The average Bonchev–Trinajstić information content (AvgIpc) is 2.93. The summed E-state index contributed by atoms with van der Waals surface area (Å²) in [5.74, 6) is 0.753. The fraction of sp³-hybridized carbons (Fsp3) is 0.214. The molecular formula is C14H14N4O3. The Morgan fingerprint density at radius 1 is 1.29 bits per heavy atom. The molecule has 1 N–H and O–H groups in total. The third-order valence-corrected chi connectivity index (χ3v) is 3.17. The van der Waals surface area contributed by atoms with E-state index in [1.54, 1.807) is 20.2 Å². The Balaban J connectivity index is 2.30. The Labute approximate surface area is 120 Å². The van der Waals surface area contributed by atoms with Crippen molar-refractivity contribution in [3.8, 4) is 17.3 Å². The zero-order valence-corrected chi connectivity index (χ0v) is 11.9. The number of ether oxygens (including phenoxy) is 1. The van der Waals surface area contributed by atoms with E-state index >= 15 is 0 Å². The van der Waals surface area contributed by atoms with E-state index < -0.39 is 0 Å². The molecule has 0 aliphatic carbocycles. The number of anilines is 1. The number of hydrogen-bond acceptors (Lipinski definition) is 6. The van der Waals surface area contributed by atoms with E-state index in [1.165, 1.54) is 11.7 Å². The van der Waals surface area contributed by atoms with Crippen LogP contribution >= 0.6 is 0 Å². The molecule has 0 atom stereocenters. The first-order valence-corrected chi connectivity index (χ1v) is 6.34. The predicted octanol–water partition coefficient (Wildman–Crippen LogP) is 1.64. The van der Waals surface area contributed by atoms with E-state index in [4.69, 9.17) is 9.15 Å². The van der Waals surface area contributed by atoms with Crippen LogP contribution < -0.4 is 15.6 Å². The standard InChI is InChI=1S/C14H14N4O3/c1-15-14-17-10(11(20-3)13(19)18(14)2)12-16-8-6-4-5-7-9(8)21-12/h4-7H,1-3H3,(H,15,17). The largest absolute Gasteiger partial charge is 0.489 e. The van der Waals surface area contributed by atoms with Crippen molar-refractivity contribution < 1.29 is 9.15 Å². The van der Waals surface area contributed by atoms with Crippen molar-refractivity contribution in [2.75, 3.05) is 19.5 Å². The first kappa shape index (κ1) is 13.2. The third-order valence-electron chi connectivity index (χ3n) is 3.17. The summed E-state index contributed by atoms with van der Waals surface area (Å²) in [5.41, 5.74) is 1.29. The highest BCUT2D eigenvalue weighted by molar-refractivity contribution is 5.76. The van der Waals surface area contributed by atoms with Gasteiger partial charge in [-0.3, -0.25) is 9.36 Å². The number of rotatable bonds is 3. The predicted molar refractivity (Wildman–Crippen MR) is 78.6 cm³/mol. The first-order chi connectivity index (χ1) is 10.2. The summed E-state index contributed by atoms with van der Waals surface area (Å²) in [6.07, 6.45) is 0. The van der Waals surface area contributed by atoms with Gasteiger partial charge in [-0.05, 0) is 12.1 Å². The van der Waals surface area contributed by atoms with Crippen molar-refractivity contribution >= 4 is 17.0 Å². The summed E-state index contributed by atoms with van der Waals surface area (Å²) in [6, 6.07) is 7.35. The lowest BCUT2D eigenvalue weighted by atomic mass is 10.3. The highest BCUT2D eigenvalue weighted by Crippen LogP contribution is 2.28. The second kappa shape index (κ2) is 4.93. The number of fused-ring (bicyclic) bond motifs is 1. The number of hydrogen-bond donors (Lipinski definition) is 1. The van der Waals surface area contributed by atoms with Gasteiger partial charge >= 0.3 is 0 Å². The molecule has 3 aromatic rings. The van der Waals surface area contributed by atoms with Crippen molar-refractivity contribution in [1.82, 2.24) is 14.5 Å². The monoisotopic (exact) mass is 286 g/mol. The zero-order valence-electron chi connectivity index (χ0n) is 11.9. The van der Waals surface area contributed by atoms with Crippen molar-refractivity contribution in [1.29, 1.82) is 0 Å². The Hall–Kier alpha value is -2.83. The quantitative estimate of drug-likeness (QED) is 0.788. The zero-order chi connectivity index (χ0) is 15.0. The van der Waals surface area contributed by atoms with Crippen molar-refractivity contribution in [3.05, 3.63) is 34.6 Å². The molecule has 21 heavy (non-hydrogen) atoms. The summed E-state index contributed by atoms with van der Waals surface area (Å²) in [5, 5.41) is 2.86. The molecule has 3 rings (SSSR count). The molecule has 0 saturated heterocycles. The van der Waals surface area contributed by atoms with Gasteiger partial charge in [-0.15, -0.1) is 0 Å². The number of nitrogens with one attached hydrogen (secondary N) is 1. The number of nitrogens with zero attached hydrogens (tertiary/aromatic N) is 3. The van der Waals surface area contributed by atoms with Crippen LogP contribution in [0.25, 0.3) is 22.7 Å². The van der Waals surface area contributed by atoms with Crippen LogP contribution in [0.15, 0.2) is 33.5 Å². The van der Waals surface area contributed by atoms with Crippen LogP contribution in [0.5, 0.6) is 5.75 Å². The van der Waals surface area contributed by atoms with Gasteiger partial charge in [0.05, 0.1) is 7.11 Å². The Kier molecular flexibility index (Phi) is 3.09. The number of aromatic nitrogens is 3. The summed E-state index contributed by atoms with van der Waals surface area (Å²) < 4.78 is 12.2. The van der Waals surface area contributed by atoms with E-state index in [1.807, 2.05) is 18.2 Å². The molecule has 2 heterocycles. The molecule has 0 radical (unpaired) electrons. The van der Waals surface area contributed by atoms with Gasteiger partial charge in [-0.2, -0.15) is 0 Å². The Bertz CT molecular complexity index is 833. The Morgan fingerprint density at radius 2 is 2.05 bits per heavy atom. The highest BCUT2D eigenvalue weighted by Gasteiger charge is 2.20. The smallest absolute Gasteiger partial charge is 0.297 e. The molecule has 2 aromatic heterocycles. The second-order valence-corrected chi connectivity index (χ2v) is 4.42. The SMILES string of the molecule is CNc1nc(-c2nc3ccccc3o2)c(OC)c(=O)n1C. The van der Waals surface area contributed by atoms with Gasteiger partial charge in [0, 0.05) is 14.1 Å². The number of para-hydroxylation sites is 2. The minimum atomic E-state index is -0.311. The molecule has 0 spiro atoms. The molecular weight excluding hydrogens is 272 g/mol. The molecule has 108 valence electrons. The molecule has 0 aliphatic heterocycles. The van der Waals surface area contributed by atoms with Crippen LogP contribution in [0.4, 0.5) is 5.95 Å². The fourth-order valence-electron chi connectivity index (χ4n) is 2.11. The van der Waals surface area contributed by atoms with Crippen LogP contribution in [-0.2, 0) is 7.05 Å². The van der Waals surface area contributed by atoms with E-state index in [0.717, 1.165) is 0 Å². The summed E-state index contributed by atoms with van der Waals surface area (Å²) in [6.45, 7) is 0. The van der Waals surface area contributed by atoms with Crippen molar-refractivity contribution in [3.63, 3.8) is 0 Å². The normalized spacial score (nSPS) is 10.8. The van der Waals surface area contributed by atoms with Gasteiger partial charge < -0.3 is 14.5 Å². The average molecular weight is 286 g/mol. The molecule has 0 saturated carbocycles. The van der Waals surface area contributed by atoms with Gasteiger partial charge in [0.2, 0.25) is 11.7 Å². The molecule has 0 bridgehead atoms. The molecule has 7 nitrogen and oxygen atoms in total. The van der Waals surface area contributed by atoms with Crippen LogP contribution in [0.3, 0.4) is 0 Å². The molecule has 7 heteroatoms. The minimum Gasteiger partial charge on any atom is -0.489 e. The number of methoxy groups -OCH3 is 1. The second-order valence-electron chi connectivity index (χ2n) is 4.42. The summed E-state index contributed by atoms with van der Waals surface area (Å²) >= 11 is 0. The fourth-order valence-corrected chi connectivity index (χ4v) is 2.11. The van der Waals surface area contributed by atoms with Crippen LogP contribution in [0.1, 0.15) is 0 Å². The lowest BCUT2D eigenvalue weighted by molar-refractivity contribution is 0.402. The van der Waals surface area contributed by atoms with E-state index in [0.29, 0.717) is 17.0 Å². The van der Waals surface area contributed by atoms with E-state index in [2.05, 4.69) is 15.3 Å². The van der Waals surface area contributed by atoms with E-state index in [-0.39, 0.29) is 22.9 Å². The Morgan fingerprint density at radius 3 is 2.71 bits per heavy atom. The van der Waals surface area contributed by atoms with Crippen LogP contribution in [-0.4, -0.2) is 28.7 Å². The maximum atomic E-state index is 12.3. The van der Waals surface area contributed by atoms with E-state index in [9.17, 15) is 4.79 Å². The molecule has 0 aliphatic rings. The van der Waals surface area contributed by atoms with Gasteiger partial charge in [0.15, 0.2) is 11.3 Å². The molecule has 0 unspecified atom stereocenters. The number of benzene rings is 1. The van der Waals surface area contributed by atoms with Gasteiger partial charge in [0.25, 0.3) is 11.4 Å². The first-order valence-electron chi connectivity index (χ1n) is 6.34. The highest BCUT2D eigenvalue weighted by atomic mass is 16.5. The maximum Gasteiger partial charge on any atom is 0.297 e.